The van der Waals surface area contributed by atoms with E-state index in [-0.39, 0.29) is 32.1 Å². The van der Waals surface area contributed by atoms with E-state index in [2.05, 4.69) is 5.32 Å². The summed E-state index contributed by atoms with van der Waals surface area (Å²) >= 11 is 0. The highest BCUT2D eigenvalue weighted by molar-refractivity contribution is 7.90. The van der Waals surface area contributed by atoms with Gasteiger partial charge in [-0.2, -0.15) is 17.5 Å². The van der Waals surface area contributed by atoms with Crippen LogP contribution >= 0.6 is 0 Å². The minimum Gasteiger partial charge on any atom is -0.369 e. The van der Waals surface area contributed by atoms with Crippen molar-refractivity contribution in [1.29, 1.82) is 0 Å². The summed E-state index contributed by atoms with van der Waals surface area (Å²) < 4.78 is 60.7. The number of amides is 1. The third-order valence-corrected chi connectivity index (χ3v) is 5.22. The summed E-state index contributed by atoms with van der Waals surface area (Å²) in [6.07, 6.45) is 0. The molecule has 0 radical (unpaired) electrons. The van der Waals surface area contributed by atoms with Crippen LogP contribution in [0.3, 0.4) is 0 Å². The quantitative estimate of drug-likeness (QED) is 0.883. The molecule has 2 rings (SSSR count). The van der Waals surface area contributed by atoms with Crippen molar-refractivity contribution in [3.8, 4) is 0 Å². The fourth-order valence-corrected chi connectivity index (χ4v) is 3.24. The van der Waals surface area contributed by atoms with E-state index in [0.717, 1.165) is 5.69 Å². The average Bonchev–Trinajstić information content (AvgIpc) is 2.53. The number of hydrogen-bond donors (Lipinski definition) is 1. The molecule has 128 valence electrons. The number of carbonyl (C=O) groups is 1. The van der Waals surface area contributed by atoms with E-state index in [1.165, 1.54) is 7.05 Å². The van der Waals surface area contributed by atoms with Crippen LogP contribution < -0.4 is 10.2 Å². The molecule has 0 aromatic heterocycles. The van der Waals surface area contributed by atoms with Gasteiger partial charge in [0.25, 0.3) is 5.91 Å². The van der Waals surface area contributed by atoms with Crippen LogP contribution in [0.2, 0.25) is 0 Å². The summed E-state index contributed by atoms with van der Waals surface area (Å²) in [5.74, 6) is -0.238. The Kier molecular flexibility index (Phi) is 4.85. The lowest BCUT2D eigenvalue weighted by Gasteiger charge is -2.35. The molecule has 1 aliphatic heterocycles. The Morgan fingerprint density at radius 2 is 1.61 bits per heavy atom. The number of alkyl halides is 3. The molecule has 1 saturated heterocycles. The molecule has 0 spiro atoms. The Labute approximate surface area is 131 Å². The number of carbonyl (C=O) groups excluding carboxylic acids is 1. The topological polar surface area (TPSA) is 69.7 Å². The van der Waals surface area contributed by atoms with Crippen molar-refractivity contribution in [2.24, 2.45) is 0 Å². The van der Waals surface area contributed by atoms with Crippen molar-refractivity contribution in [1.82, 2.24) is 9.62 Å². The summed E-state index contributed by atoms with van der Waals surface area (Å²) in [5.41, 5.74) is -4.08. The van der Waals surface area contributed by atoms with Crippen molar-refractivity contribution >= 4 is 21.6 Å². The maximum absolute atomic E-state index is 12.5. The Morgan fingerprint density at radius 3 is 2.04 bits per heavy atom. The number of halogens is 3. The van der Waals surface area contributed by atoms with E-state index in [9.17, 15) is 26.4 Å². The van der Waals surface area contributed by atoms with Gasteiger partial charge in [-0.1, -0.05) is 0 Å². The Morgan fingerprint density at radius 1 is 1.09 bits per heavy atom. The SMILES string of the molecule is CNC(=O)c1ccc(N2CCN(S(=O)(=O)C(F)(F)F)CC2)cc1. The van der Waals surface area contributed by atoms with Gasteiger partial charge in [-0.15, -0.1) is 0 Å². The third kappa shape index (κ3) is 3.58. The molecule has 10 heteroatoms. The smallest absolute Gasteiger partial charge is 0.369 e. The van der Waals surface area contributed by atoms with Crippen LogP contribution in [-0.2, 0) is 10.0 Å². The van der Waals surface area contributed by atoms with Gasteiger partial charge in [0.1, 0.15) is 0 Å². The second-order valence-electron chi connectivity index (χ2n) is 4.96. The molecule has 0 unspecified atom stereocenters. The number of benzene rings is 1. The molecule has 1 amide bonds. The number of hydrogen-bond acceptors (Lipinski definition) is 4. The average molecular weight is 351 g/mol. The van der Waals surface area contributed by atoms with Gasteiger partial charge >= 0.3 is 15.5 Å². The summed E-state index contributed by atoms with van der Waals surface area (Å²) in [4.78, 5) is 13.2. The second kappa shape index (κ2) is 6.36. The third-order valence-electron chi connectivity index (χ3n) is 3.59. The van der Waals surface area contributed by atoms with Crippen LogP contribution in [0.25, 0.3) is 0 Å². The maximum atomic E-state index is 12.5. The Balaban J connectivity index is 2.04. The molecule has 1 fully saturated rings. The number of nitrogens with one attached hydrogen (secondary N) is 1. The zero-order valence-electron chi connectivity index (χ0n) is 12.3. The Bertz CT molecular complexity index is 666. The molecular formula is C13H16F3N3O3S. The van der Waals surface area contributed by atoms with Gasteiger partial charge in [-0.05, 0) is 24.3 Å². The first-order valence-corrected chi connectivity index (χ1v) is 8.24. The fraction of sp³-hybridized carbons (Fsp3) is 0.462. The van der Waals surface area contributed by atoms with E-state index in [1.54, 1.807) is 29.2 Å². The van der Waals surface area contributed by atoms with E-state index >= 15 is 0 Å². The first-order valence-electron chi connectivity index (χ1n) is 6.80. The molecule has 1 aliphatic rings. The van der Waals surface area contributed by atoms with Crippen LogP contribution in [0.4, 0.5) is 18.9 Å². The van der Waals surface area contributed by atoms with E-state index in [4.69, 9.17) is 0 Å². The van der Waals surface area contributed by atoms with Crippen LogP contribution in [0.1, 0.15) is 10.4 Å². The fourth-order valence-electron chi connectivity index (χ4n) is 2.30. The van der Waals surface area contributed by atoms with Crippen molar-refractivity contribution in [2.75, 3.05) is 38.1 Å². The first-order chi connectivity index (χ1) is 10.7. The van der Waals surface area contributed by atoms with Crippen molar-refractivity contribution in [3.05, 3.63) is 29.8 Å². The first kappa shape index (κ1) is 17.5. The van der Waals surface area contributed by atoms with Crippen LogP contribution in [0.15, 0.2) is 24.3 Å². The number of piperazine rings is 1. The lowest BCUT2D eigenvalue weighted by molar-refractivity contribution is -0.0490. The lowest BCUT2D eigenvalue weighted by atomic mass is 10.1. The molecule has 0 saturated carbocycles. The largest absolute Gasteiger partial charge is 0.511 e. The molecule has 1 N–H and O–H groups in total. The molecule has 0 aliphatic carbocycles. The van der Waals surface area contributed by atoms with Crippen LogP contribution in [-0.4, -0.2) is 57.4 Å². The van der Waals surface area contributed by atoms with Gasteiger partial charge in [0.15, 0.2) is 0 Å². The highest BCUT2D eigenvalue weighted by Gasteiger charge is 2.50. The number of sulfonamides is 1. The molecule has 1 heterocycles. The van der Waals surface area contributed by atoms with Gasteiger partial charge in [0, 0.05) is 44.5 Å². The highest BCUT2D eigenvalue weighted by atomic mass is 32.2. The van der Waals surface area contributed by atoms with Crippen molar-refractivity contribution < 1.29 is 26.4 Å². The maximum Gasteiger partial charge on any atom is 0.511 e. The minimum absolute atomic E-state index is 0.147. The predicted octanol–water partition coefficient (Wildman–Crippen LogP) is 1.02. The van der Waals surface area contributed by atoms with Crippen LogP contribution in [0.5, 0.6) is 0 Å². The molecule has 23 heavy (non-hydrogen) atoms. The molecule has 6 nitrogen and oxygen atoms in total. The summed E-state index contributed by atoms with van der Waals surface area (Å²) in [6.45, 7) is -0.179. The predicted molar refractivity (Wildman–Crippen MR) is 78.6 cm³/mol. The Hall–Kier alpha value is -1.81. The molecular weight excluding hydrogens is 335 g/mol. The van der Waals surface area contributed by atoms with Gasteiger partial charge in [0.05, 0.1) is 0 Å². The van der Waals surface area contributed by atoms with Crippen molar-refractivity contribution in [3.63, 3.8) is 0 Å². The zero-order valence-corrected chi connectivity index (χ0v) is 13.1. The summed E-state index contributed by atoms with van der Waals surface area (Å²) in [5, 5.41) is 2.48. The molecule has 0 bridgehead atoms. The number of anilines is 1. The zero-order chi connectivity index (χ0) is 17.3. The van der Waals surface area contributed by atoms with Crippen molar-refractivity contribution in [2.45, 2.75) is 5.51 Å². The monoisotopic (exact) mass is 351 g/mol. The van der Waals surface area contributed by atoms with E-state index < -0.39 is 15.5 Å². The van der Waals surface area contributed by atoms with Gasteiger partial charge in [0.2, 0.25) is 0 Å². The van der Waals surface area contributed by atoms with E-state index in [1.807, 2.05) is 0 Å². The molecule has 0 atom stereocenters. The van der Waals surface area contributed by atoms with Gasteiger partial charge in [-0.25, -0.2) is 8.42 Å². The number of nitrogens with zero attached hydrogens (tertiary/aromatic N) is 2. The van der Waals surface area contributed by atoms with Crippen LogP contribution in [0, 0.1) is 0 Å². The standard InChI is InChI=1S/C13H16F3N3O3S/c1-17-12(20)10-2-4-11(5-3-10)18-6-8-19(9-7-18)23(21,22)13(14,15)16/h2-5H,6-9H2,1H3,(H,17,20). The number of rotatable bonds is 3. The summed E-state index contributed by atoms with van der Waals surface area (Å²) in [7, 11) is -3.76. The lowest BCUT2D eigenvalue weighted by Crippen LogP contribution is -2.52. The van der Waals surface area contributed by atoms with Gasteiger partial charge < -0.3 is 10.2 Å². The second-order valence-corrected chi connectivity index (χ2v) is 6.89. The van der Waals surface area contributed by atoms with Gasteiger partial charge in [-0.3, -0.25) is 4.79 Å². The molecule has 1 aromatic carbocycles. The van der Waals surface area contributed by atoms with E-state index in [0.29, 0.717) is 9.87 Å². The normalized spacial score (nSPS) is 17.1. The summed E-state index contributed by atoms with van der Waals surface area (Å²) in [6, 6.07) is 6.57. The minimum atomic E-state index is -5.27. The molecule has 1 aromatic rings. The highest BCUT2D eigenvalue weighted by Crippen LogP contribution is 2.28.